The van der Waals surface area contributed by atoms with Crippen LogP contribution in [0.25, 0.3) is 0 Å². The summed E-state index contributed by atoms with van der Waals surface area (Å²) in [5, 5.41) is 7.46. The molecular weight excluding hydrogens is 280 g/mol. The fourth-order valence-electron chi connectivity index (χ4n) is 3.22. The molecule has 1 amide bonds. The zero-order chi connectivity index (χ0) is 15.5. The van der Waals surface area contributed by atoms with Crippen molar-refractivity contribution in [3.05, 3.63) is 18.0 Å². The highest BCUT2D eigenvalue weighted by Crippen LogP contribution is 2.27. The van der Waals surface area contributed by atoms with Gasteiger partial charge in [0.1, 0.15) is 0 Å². The van der Waals surface area contributed by atoms with Crippen LogP contribution in [-0.4, -0.2) is 53.4 Å². The van der Waals surface area contributed by atoms with Gasteiger partial charge in [0.2, 0.25) is 5.91 Å². The van der Waals surface area contributed by atoms with Gasteiger partial charge in [-0.2, -0.15) is 5.10 Å². The van der Waals surface area contributed by atoms with Crippen molar-refractivity contribution < 1.29 is 9.53 Å². The van der Waals surface area contributed by atoms with Gasteiger partial charge in [0.15, 0.2) is 0 Å². The van der Waals surface area contributed by atoms with Gasteiger partial charge in [0.05, 0.1) is 18.7 Å². The van der Waals surface area contributed by atoms with Gasteiger partial charge in [-0.05, 0) is 19.8 Å². The van der Waals surface area contributed by atoms with E-state index in [2.05, 4.69) is 28.4 Å². The molecule has 0 spiro atoms. The summed E-state index contributed by atoms with van der Waals surface area (Å²) in [5.41, 5.74) is 1.21. The lowest BCUT2D eigenvalue weighted by atomic mass is 9.96. The van der Waals surface area contributed by atoms with Crippen molar-refractivity contribution in [2.45, 2.75) is 38.9 Å². The van der Waals surface area contributed by atoms with E-state index in [4.69, 9.17) is 4.74 Å². The Morgan fingerprint density at radius 3 is 2.91 bits per heavy atom. The minimum absolute atomic E-state index is 0.0433. The SMILES string of the molecule is CCn1cc(CN2C[C@@H](COC)[C@H](C(=O)NC3CC3)C2)cn1. The van der Waals surface area contributed by atoms with E-state index in [1.807, 2.05) is 10.9 Å². The van der Waals surface area contributed by atoms with E-state index in [1.54, 1.807) is 7.11 Å². The fourth-order valence-corrected chi connectivity index (χ4v) is 3.22. The third kappa shape index (κ3) is 3.67. The first-order valence-electron chi connectivity index (χ1n) is 8.22. The van der Waals surface area contributed by atoms with Crippen molar-refractivity contribution in [1.82, 2.24) is 20.0 Å². The number of nitrogens with zero attached hydrogens (tertiary/aromatic N) is 3. The topological polar surface area (TPSA) is 59.4 Å². The maximum Gasteiger partial charge on any atom is 0.225 e. The first-order chi connectivity index (χ1) is 10.7. The molecule has 0 aromatic carbocycles. The molecule has 1 aromatic heterocycles. The smallest absolute Gasteiger partial charge is 0.225 e. The number of rotatable bonds is 7. The molecule has 6 heteroatoms. The van der Waals surface area contributed by atoms with Crippen molar-refractivity contribution in [1.29, 1.82) is 0 Å². The molecule has 2 aliphatic rings. The molecule has 2 heterocycles. The number of nitrogens with one attached hydrogen (secondary N) is 1. The molecule has 1 saturated carbocycles. The molecule has 2 fully saturated rings. The van der Waals surface area contributed by atoms with Crippen LogP contribution in [0.15, 0.2) is 12.4 Å². The van der Waals surface area contributed by atoms with Gasteiger partial charge in [-0.15, -0.1) is 0 Å². The molecule has 22 heavy (non-hydrogen) atoms. The molecule has 3 rings (SSSR count). The highest BCUT2D eigenvalue weighted by molar-refractivity contribution is 5.80. The van der Waals surface area contributed by atoms with E-state index in [1.165, 1.54) is 5.56 Å². The number of carbonyl (C=O) groups is 1. The zero-order valence-electron chi connectivity index (χ0n) is 13.5. The average Bonchev–Trinajstić information content (AvgIpc) is 3.05. The second-order valence-electron chi connectivity index (χ2n) is 6.50. The summed E-state index contributed by atoms with van der Waals surface area (Å²) in [4.78, 5) is 14.8. The zero-order valence-corrected chi connectivity index (χ0v) is 13.5. The van der Waals surface area contributed by atoms with Crippen LogP contribution in [0.1, 0.15) is 25.3 Å². The summed E-state index contributed by atoms with van der Waals surface area (Å²) in [7, 11) is 1.71. The van der Waals surface area contributed by atoms with Crippen molar-refractivity contribution in [3.63, 3.8) is 0 Å². The van der Waals surface area contributed by atoms with E-state index in [0.29, 0.717) is 12.6 Å². The fraction of sp³-hybridized carbons (Fsp3) is 0.750. The Bertz CT molecular complexity index is 512. The molecule has 1 aliphatic carbocycles. The number of carbonyl (C=O) groups excluding carboxylic acids is 1. The molecule has 1 aromatic rings. The van der Waals surface area contributed by atoms with Crippen LogP contribution in [0.4, 0.5) is 0 Å². The molecule has 6 nitrogen and oxygen atoms in total. The lowest BCUT2D eigenvalue weighted by molar-refractivity contribution is -0.126. The van der Waals surface area contributed by atoms with Gasteiger partial charge in [0, 0.05) is 57.0 Å². The van der Waals surface area contributed by atoms with Crippen LogP contribution in [-0.2, 0) is 22.6 Å². The van der Waals surface area contributed by atoms with Gasteiger partial charge in [0.25, 0.3) is 0 Å². The van der Waals surface area contributed by atoms with Gasteiger partial charge in [-0.1, -0.05) is 0 Å². The summed E-state index contributed by atoms with van der Waals surface area (Å²) in [6.45, 7) is 6.19. The van der Waals surface area contributed by atoms with E-state index < -0.39 is 0 Å². The first-order valence-corrected chi connectivity index (χ1v) is 8.22. The monoisotopic (exact) mass is 306 g/mol. The van der Waals surface area contributed by atoms with E-state index in [9.17, 15) is 4.79 Å². The van der Waals surface area contributed by atoms with Crippen molar-refractivity contribution in [2.24, 2.45) is 11.8 Å². The Hall–Kier alpha value is -1.40. The molecule has 1 aliphatic heterocycles. The van der Waals surface area contributed by atoms with Crippen LogP contribution in [0.3, 0.4) is 0 Å². The minimum atomic E-state index is 0.0433. The summed E-state index contributed by atoms with van der Waals surface area (Å²) in [6, 6.07) is 0.424. The number of aryl methyl sites for hydroxylation is 1. The third-order valence-corrected chi connectivity index (χ3v) is 4.57. The van der Waals surface area contributed by atoms with Gasteiger partial charge < -0.3 is 10.1 Å². The molecule has 1 saturated heterocycles. The lowest BCUT2D eigenvalue weighted by Crippen LogP contribution is -2.37. The van der Waals surface area contributed by atoms with Gasteiger partial charge in [-0.25, -0.2) is 0 Å². The normalized spacial score (nSPS) is 25.5. The number of hydrogen-bond acceptors (Lipinski definition) is 4. The number of aromatic nitrogens is 2. The van der Waals surface area contributed by atoms with E-state index in [0.717, 1.165) is 39.0 Å². The summed E-state index contributed by atoms with van der Waals surface area (Å²) in [6.07, 6.45) is 6.27. The standard InChI is InChI=1S/C16H26N4O2/c1-3-20-8-12(6-17-20)7-19-9-13(11-22-2)15(10-19)16(21)18-14-4-5-14/h6,8,13-15H,3-5,7,9-11H2,1-2H3,(H,18,21)/t13-,15+/m0/s1. The van der Waals surface area contributed by atoms with Crippen molar-refractivity contribution >= 4 is 5.91 Å². The number of methoxy groups -OCH3 is 1. The van der Waals surface area contributed by atoms with E-state index in [-0.39, 0.29) is 17.7 Å². The van der Waals surface area contributed by atoms with Gasteiger partial charge >= 0.3 is 0 Å². The quantitative estimate of drug-likeness (QED) is 0.812. The number of likely N-dealkylation sites (tertiary alicyclic amines) is 1. The molecule has 2 atom stereocenters. The first kappa shape index (κ1) is 15.5. The number of hydrogen-bond donors (Lipinski definition) is 1. The Morgan fingerprint density at radius 2 is 2.27 bits per heavy atom. The average molecular weight is 306 g/mol. The molecule has 122 valence electrons. The highest BCUT2D eigenvalue weighted by atomic mass is 16.5. The maximum absolute atomic E-state index is 12.4. The summed E-state index contributed by atoms with van der Waals surface area (Å²) in [5.74, 6) is 0.531. The molecule has 0 unspecified atom stereocenters. The Kier molecular flexibility index (Phi) is 4.78. The summed E-state index contributed by atoms with van der Waals surface area (Å²) < 4.78 is 7.26. The molecular formula is C16H26N4O2. The highest BCUT2D eigenvalue weighted by Gasteiger charge is 2.39. The second-order valence-corrected chi connectivity index (χ2v) is 6.50. The predicted molar refractivity (Wildman–Crippen MR) is 83.2 cm³/mol. The summed E-state index contributed by atoms with van der Waals surface area (Å²) >= 11 is 0. The Labute approximate surface area is 131 Å². The van der Waals surface area contributed by atoms with Crippen molar-refractivity contribution in [3.8, 4) is 0 Å². The van der Waals surface area contributed by atoms with Crippen LogP contribution < -0.4 is 5.32 Å². The van der Waals surface area contributed by atoms with E-state index >= 15 is 0 Å². The van der Waals surface area contributed by atoms with Gasteiger partial charge in [-0.3, -0.25) is 14.4 Å². The van der Waals surface area contributed by atoms with Crippen LogP contribution >= 0.6 is 0 Å². The Balaban J connectivity index is 1.59. The molecule has 0 radical (unpaired) electrons. The number of amides is 1. The largest absolute Gasteiger partial charge is 0.384 e. The van der Waals surface area contributed by atoms with Crippen LogP contribution in [0.5, 0.6) is 0 Å². The third-order valence-electron chi connectivity index (χ3n) is 4.57. The van der Waals surface area contributed by atoms with Crippen LogP contribution in [0, 0.1) is 11.8 Å². The Morgan fingerprint density at radius 1 is 1.45 bits per heavy atom. The second kappa shape index (κ2) is 6.79. The lowest BCUT2D eigenvalue weighted by Gasteiger charge is -2.16. The molecule has 0 bridgehead atoms. The molecule has 1 N–H and O–H groups in total. The maximum atomic E-state index is 12.4. The minimum Gasteiger partial charge on any atom is -0.384 e. The number of ether oxygens (including phenoxy) is 1. The predicted octanol–water partition coefficient (Wildman–Crippen LogP) is 0.876. The van der Waals surface area contributed by atoms with Crippen molar-refractivity contribution in [2.75, 3.05) is 26.8 Å². The van der Waals surface area contributed by atoms with Crippen LogP contribution in [0.2, 0.25) is 0 Å².